The van der Waals surface area contributed by atoms with E-state index >= 15 is 0 Å². The highest BCUT2D eigenvalue weighted by Crippen LogP contribution is 2.39. The maximum absolute atomic E-state index is 8.97. The molecule has 6 heteroatoms. The summed E-state index contributed by atoms with van der Waals surface area (Å²) in [5.41, 5.74) is 2.15. The molecule has 1 aromatic heterocycles. The summed E-state index contributed by atoms with van der Waals surface area (Å²) in [5.74, 6) is 3.57. The third-order valence-corrected chi connectivity index (χ3v) is 4.98. The van der Waals surface area contributed by atoms with E-state index < -0.39 is 0 Å². The van der Waals surface area contributed by atoms with Crippen molar-refractivity contribution < 1.29 is 4.74 Å². The number of ether oxygens (including phenoxy) is 1. The smallest absolute Gasteiger partial charge is 0.145 e. The summed E-state index contributed by atoms with van der Waals surface area (Å²) in [7, 11) is 1.66. The molecule has 0 spiro atoms. The van der Waals surface area contributed by atoms with Gasteiger partial charge in [0.05, 0.1) is 18.4 Å². The molecule has 0 saturated carbocycles. The lowest BCUT2D eigenvalue weighted by atomic mass is 10.1. The maximum atomic E-state index is 8.97. The van der Waals surface area contributed by atoms with Crippen LogP contribution in [0, 0.1) is 23.7 Å². The molecule has 0 aliphatic carbocycles. The number of methoxy groups -OCH3 is 1. The molecular weight excluding hydrogens is 332 g/mol. The van der Waals surface area contributed by atoms with E-state index in [1.165, 1.54) is 37.4 Å². The van der Waals surface area contributed by atoms with Crippen LogP contribution in [0.5, 0.6) is 5.75 Å². The van der Waals surface area contributed by atoms with Gasteiger partial charge < -0.3 is 9.64 Å². The predicted octanol–water partition coefficient (Wildman–Crippen LogP) is 3.48. The molecule has 1 aliphatic rings. The highest BCUT2D eigenvalue weighted by Gasteiger charge is 2.20. The van der Waals surface area contributed by atoms with Gasteiger partial charge in [0, 0.05) is 24.1 Å². The van der Waals surface area contributed by atoms with Gasteiger partial charge >= 0.3 is 0 Å². The third kappa shape index (κ3) is 3.87. The number of hydrogen-bond donors (Lipinski definition) is 0. The number of nitriles is 1. The van der Waals surface area contributed by atoms with Crippen molar-refractivity contribution in [1.29, 1.82) is 5.26 Å². The Kier molecular flexibility index (Phi) is 5.42. The molecule has 1 aliphatic heterocycles. The molecule has 1 aromatic carbocycles. The van der Waals surface area contributed by atoms with E-state index in [1.54, 1.807) is 13.2 Å². The van der Waals surface area contributed by atoms with Crippen molar-refractivity contribution in [3.8, 4) is 24.2 Å². The van der Waals surface area contributed by atoms with Crippen molar-refractivity contribution in [3.05, 3.63) is 35.8 Å². The monoisotopic (exact) mass is 350 g/mol. The first-order valence-corrected chi connectivity index (χ1v) is 8.90. The van der Waals surface area contributed by atoms with Gasteiger partial charge in [-0.3, -0.25) is 0 Å². The van der Waals surface area contributed by atoms with E-state index in [-0.39, 0.29) is 0 Å². The minimum Gasteiger partial charge on any atom is -0.494 e. The Bertz CT molecular complexity index is 847. The molecular formula is C19H18N4OS. The molecule has 126 valence electrons. The first kappa shape index (κ1) is 17.1. The van der Waals surface area contributed by atoms with Gasteiger partial charge in [0.25, 0.3) is 0 Å². The van der Waals surface area contributed by atoms with Crippen LogP contribution in [-0.4, -0.2) is 30.2 Å². The number of terminal acetylenes is 1. The molecule has 0 radical (unpaired) electrons. The highest BCUT2D eigenvalue weighted by atomic mass is 32.2. The van der Waals surface area contributed by atoms with E-state index in [0.29, 0.717) is 10.7 Å². The van der Waals surface area contributed by atoms with E-state index in [4.69, 9.17) is 16.4 Å². The number of benzene rings is 1. The van der Waals surface area contributed by atoms with Crippen molar-refractivity contribution >= 4 is 17.4 Å². The maximum Gasteiger partial charge on any atom is 0.145 e. The van der Waals surface area contributed by atoms with Crippen LogP contribution in [0.15, 0.2) is 34.4 Å². The minimum absolute atomic E-state index is 0.339. The first-order chi connectivity index (χ1) is 12.2. The molecule has 2 aromatic rings. The fraction of sp³-hybridized carbons (Fsp3) is 0.316. The van der Waals surface area contributed by atoms with Crippen molar-refractivity contribution in [3.63, 3.8) is 0 Å². The van der Waals surface area contributed by atoms with Crippen LogP contribution in [0.3, 0.4) is 0 Å². The molecule has 1 saturated heterocycles. The van der Waals surface area contributed by atoms with E-state index in [0.717, 1.165) is 35.0 Å². The third-order valence-electron chi connectivity index (χ3n) is 4.08. The van der Waals surface area contributed by atoms with Gasteiger partial charge in [-0.25, -0.2) is 9.97 Å². The largest absolute Gasteiger partial charge is 0.494 e. The number of aromatic nitrogens is 2. The average molecular weight is 350 g/mol. The summed E-state index contributed by atoms with van der Waals surface area (Å²) < 4.78 is 5.63. The molecule has 0 atom stereocenters. The molecule has 0 unspecified atom stereocenters. The van der Waals surface area contributed by atoms with Crippen molar-refractivity contribution in [2.45, 2.75) is 29.2 Å². The second-order valence-corrected chi connectivity index (χ2v) is 6.76. The predicted molar refractivity (Wildman–Crippen MR) is 97.9 cm³/mol. The number of anilines is 1. The zero-order valence-electron chi connectivity index (χ0n) is 14.0. The van der Waals surface area contributed by atoms with Crippen LogP contribution >= 0.6 is 11.8 Å². The summed E-state index contributed by atoms with van der Waals surface area (Å²) in [6.45, 7) is 1.99. The van der Waals surface area contributed by atoms with Crippen LogP contribution in [0.25, 0.3) is 0 Å². The summed E-state index contributed by atoms with van der Waals surface area (Å²) in [6.07, 6.45) is 10.8. The Labute approximate surface area is 152 Å². The summed E-state index contributed by atoms with van der Waals surface area (Å²) in [4.78, 5) is 11.3. The molecule has 0 amide bonds. The second kappa shape index (κ2) is 7.92. The van der Waals surface area contributed by atoms with Gasteiger partial charge in [-0.15, -0.1) is 6.42 Å². The zero-order chi connectivity index (χ0) is 17.6. The van der Waals surface area contributed by atoms with Crippen LogP contribution in [0.1, 0.15) is 30.5 Å². The molecule has 0 bridgehead atoms. The Morgan fingerprint density at radius 1 is 1.20 bits per heavy atom. The summed E-state index contributed by atoms with van der Waals surface area (Å²) in [6, 6.07) is 7.63. The molecule has 1 fully saturated rings. The lowest BCUT2D eigenvalue weighted by Gasteiger charge is -2.31. The van der Waals surface area contributed by atoms with Gasteiger partial charge in [0.2, 0.25) is 0 Å². The number of hydrogen-bond acceptors (Lipinski definition) is 6. The lowest BCUT2D eigenvalue weighted by Crippen LogP contribution is -2.30. The topological polar surface area (TPSA) is 62.0 Å². The molecule has 0 N–H and O–H groups in total. The van der Waals surface area contributed by atoms with Gasteiger partial charge in [-0.2, -0.15) is 5.26 Å². The molecule has 25 heavy (non-hydrogen) atoms. The number of rotatable bonds is 4. The van der Waals surface area contributed by atoms with Gasteiger partial charge in [0.15, 0.2) is 0 Å². The van der Waals surface area contributed by atoms with Crippen molar-refractivity contribution in [1.82, 2.24) is 9.97 Å². The minimum atomic E-state index is 0.339. The van der Waals surface area contributed by atoms with E-state index in [9.17, 15) is 0 Å². The Morgan fingerprint density at radius 2 is 2.00 bits per heavy atom. The first-order valence-electron chi connectivity index (χ1n) is 8.08. The average Bonchev–Trinajstić information content (AvgIpc) is 2.68. The van der Waals surface area contributed by atoms with Crippen LogP contribution < -0.4 is 9.64 Å². The second-order valence-electron chi connectivity index (χ2n) is 5.67. The molecule has 2 heterocycles. The fourth-order valence-corrected chi connectivity index (χ4v) is 3.78. The summed E-state index contributed by atoms with van der Waals surface area (Å²) >= 11 is 1.44. The van der Waals surface area contributed by atoms with Crippen molar-refractivity contribution in [2.24, 2.45) is 0 Å². The number of piperidine rings is 1. The fourth-order valence-electron chi connectivity index (χ4n) is 2.93. The number of nitrogens with zero attached hydrogens (tertiary/aromatic N) is 4. The Hall–Kier alpha value is -2.70. The highest BCUT2D eigenvalue weighted by molar-refractivity contribution is 7.99. The van der Waals surface area contributed by atoms with E-state index in [1.807, 2.05) is 18.2 Å². The Morgan fingerprint density at radius 3 is 2.68 bits per heavy atom. The van der Waals surface area contributed by atoms with Crippen LogP contribution in [0.4, 0.5) is 5.69 Å². The van der Waals surface area contributed by atoms with Gasteiger partial charge in [-0.05, 0) is 31.4 Å². The Balaban J connectivity index is 1.96. The van der Waals surface area contributed by atoms with Crippen LogP contribution in [-0.2, 0) is 0 Å². The van der Waals surface area contributed by atoms with Crippen molar-refractivity contribution in [2.75, 3.05) is 25.1 Å². The normalized spacial score (nSPS) is 13.8. The quantitative estimate of drug-likeness (QED) is 0.621. The molecule has 3 rings (SSSR count). The summed E-state index contributed by atoms with van der Waals surface area (Å²) in [5, 5.41) is 9.67. The lowest BCUT2D eigenvalue weighted by molar-refractivity contribution is 0.411. The molecule has 5 nitrogen and oxygen atoms in total. The van der Waals surface area contributed by atoms with Gasteiger partial charge in [-0.1, -0.05) is 17.7 Å². The van der Waals surface area contributed by atoms with Crippen LogP contribution in [0.2, 0.25) is 0 Å². The van der Waals surface area contributed by atoms with Gasteiger partial charge in [0.1, 0.15) is 28.9 Å². The zero-order valence-corrected chi connectivity index (χ0v) is 14.8. The SMILES string of the molecule is C#Cc1cc(Sc2cc(C#N)ncn2)cc(OC)c1N1CCCCC1. The van der Waals surface area contributed by atoms with E-state index in [2.05, 4.69) is 20.8 Å². The standard InChI is InChI=1S/C19H18N4OS/c1-3-14-9-16(25-18-10-15(12-20)21-13-22-18)11-17(24-2)19(14)23-7-5-4-6-8-23/h1,9-11,13H,4-8H2,2H3.